The number of nitrogens with zero attached hydrogens (tertiary/aromatic N) is 2. The molecule has 0 spiro atoms. The van der Waals surface area contributed by atoms with Crippen molar-refractivity contribution in [3.05, 3.63) is 132 Å². The smallest absolute Gasteiger partial charge is 0.0973 e. The Morgan fingerprint density at radius 1 is 0.489 bits per heavy atom. The van der Waals surface area contributed by atoms with Gasteiger partial charge in [0.25, 0.3) is 0 Å². The molecule has 1 aliphatic rings. The average Bonchev–Trinajstić information content (AvgIpc) is 3.43. The fourth-order valence-corrected chi connectivity index (χ4v) is 8.63. The Labute approximate surface area is 267 Å². The molecule has 0 aliphatic heterocycles. The van der Waals surface area contributed by atoms with Gasteiger partial charge in [-0.2, -0.15) is 0 Å². The van der Waals surface area contributed by atoms with Crippen molar-refractivity contribution >= 4 is 53.3 Å². The number of aromatic nitrogens is 2. The molecule has 45 heavy (non-hydrogen) atoms. The first-order valence-electron chi connectivity index (χ1n) is 15.7. The minimum atomic E-state index is -0.0553. The van der Waals surface area contributed by atoms with E-state index in [-0.39, 0.29) is 10.8 Å². The SMILES string of the molecule is CC1(C)c2cc3sc4ccc(-c5nc6ccccc6nc5-c5ccccc5)cc4c3cc2-c2ccc3ccccc3c2C1(C)C. The molecule has 0 amide bonds. The number of thiophene rings is 1. The van der Waals surface area contributed by atoms with Gasteiger partial charge in [-0.05, 0) is 74.8 Å². The van der Waals surface area contributed by atoms with Gasteiger partial charge in [-0.1, -0.05) is 113 Å². The number of rotatable bonds is 2. The molecular formula is C42H32N2S. The maximum absolute atomic E-state index is 5.20. The molecule has 3 heteroatoms. The summed E-state index contributed by atoms with van der Waals surface area (Å²) in [6.07, 6.45) is 0. The van der Waals surface area contributed by atoms with Crippen molar-refractivity contribution in [3.63, 3.8) is 0 Å². The van der Waals surface area contributed by atoms with E-state index in [1.54, 1.807) is 0 Å². The van der Waals surface area contributed by atoms with Crippen LogP contribution in [0.15, 0.2) is 121 Å². The molecule has 6 aromatic carbocycles. The van der Waals surface area contributed by atoms with Crippen LogP contribution < -0.4 is 0 Å². The zero-order valence-corrected chi connectivity index (χ0v) is 26.7. The van der Waals surface area contributed by atoms with Gasteiger partial charge < -0.3 is 0 Å². The Kier molecular flexibility index (Phi) is 5.50. The average molecular weight is 597 g/mol. The van der Waals surface area contributed by atoms with Crippen LogP contribution in [0.4, 0.5) is 0 Å². The van der Waals surface area contributed by atoms with Gasteiger partial charge in [0.15, 0.2) is 0 Å². The van der Waals surface area contributed by atoms with Crippen molar-refractivity contribution in [1.29, 1.82) is 0 Å². The lowest BCUT2D eigenvalue weighted by molar-refractivity contribution is 0.301. The molecule has 0 unspecified atom stereocenters. The summed E-state index contributed by atoms with van der Waals surface area (Å²) in [5.74, 6) is 0. The molecule has 0 radical (unpaired) electrons. The number of fused-ring (bicyclic) bond motifs is 9. The highest BCUT2D eigenvalue weighted by atomic mass is 32.1. The van der Waals surface area contributed by atoms with Gasteiger partial charge in [0.2, 0.25) is 0 Å². The molecule has 0 fully saturated rings. The highest BCUT2D eigenvalue weighted by Crippen LogP contribution is 2.57. The molecule has 1 aliphatic carbocycles. The molecule has 9 rings (SSSR count). The van der Waals surface area contributed by atoms with Gasteiger partial charge >= 0.3 is 0 Å². The quantitative estimate of drug-likeness (QED) is 0.198. The third-order valence-corrected chi connectivity index (χ3v) is 11.7. The maximum Gasteiger partial charge on any atom is 0.0973 e. The predicted molar refractivity (Wildman–Crippen MR) is 192 cm³/mol. The van der Waals surface area contributed by atoms with Crippen LogP contribution in [-0.4, -0.2) is 9.97 Å². The van der Waals surface area contributed by atoms with Crippen LogP contribution in [0.25, 0.3) is 75.6 Å². The Morgan fingerprint density at radius 3 is 1.93 bits per heavy atom. The summed E-state index contributed by atoms with van der Waals surface area (Å²) in [5.41, 5.74) is 11.3. The van der Waals surface area contributed by atoms with Crippen LogP contribution >= 0.6 is 11.3 Å². The molecule has 0 N–H and O–H groups in total. The first-order chi connectivity index (χ1) is 21.8. The van der Waals surface area contributed by atoms with Crippen molar-refractivity contribution in [2.24, 2.45) is 0 Å². The molecule has 0 atom stereocenters. The second kappa shape index (κ2) is 9.32. The summed E-state index contributed by atoms with van der Waals surface area (Å²) in [6.45, 7) is 9.71. The molecule has 2 heterocycles. The normalized spacial score (nSPS) is 15.0. The topological polar surface area (TPSA) is 25.8 Å². The number of hydrogen-bond donors (Lipinski definition) is 0. The second-order valence-corrected chi connectivity index (χ2v) is 14.5. The molecule has 2 nitrogen and oxygen atoms in total. The highest BCUT2D eigenvalue weighted by molar-refractivity contribution is 7.25. The fourth-order valence-electron chi connectivity index (χ4n) is 7.53. The van der Waals surface area contributed by atoms with E-state index in [0.717, 1.165) is 33.5 Å². The lowest BCUT2D eigenvalue weighted by Crippen LogP contribution is -2.43. The molecular weight excluding hydrogens is 565 g/mol. The van der Waals surface area contributed by atoms with Crippen molar-refractivity contribution < 1.29 is 0 Å². The predicted octanol–water partition coefficient (Wildman–Crippen LogP) is 11.7. The molecule has 2 aromatic heterocycles. The van der Waals surface area contributed by atoms with Crippen LogP contribution in [0.3, 0.4) is 0 Å². The third kappa shape index (κ3) is 3.74. The second-order valence-electron chi connectivity index (χ2n) is 13.4. The van der Waals surface area contributed by atoms with E-state index < -0.39 is 0 Å². The van der Waals surface area contributed by atoms with E-state index in [0.29, 0.717) is 0 Å². The molecule has 8 aromatic rings. The van der Waals surface area contributed by atoms with E-state index in [1.165, 1.54) is 53.2 Å². The van der Waals surface area contributed by atoms with Gasteiger partial charge in [-0.3, -0.25) is 0 Å². The molecule has 216 valence electrons. The zero-order valence-electron chi connectivity index (χ0n) is 25.8. The summed E-state index contributed by atoms with van der Waals surface area (Å²) in [5, 5.41) is 5.25. The van der Waals surface area contributed by atoms with Crippen LogP contribution in [-0.2, 0) is 10.8 Å². The minimum Gasteiger partial charge on any atom is -0.244 e. The summed E-state index contributed by atoms with van der Waals surface area (Å²) in [4.78, 5) is 10.3. The number of para-hydroxylation sites is 2. The summed E-state index contributed by atoms with van der Waals surface area (Å²) >= 11 is 1.89. The Bertz CT molecular complexity index is 2480. The third-order valence-electron chi connectivity index (χ3n) is 10.6. The zero-order chi connectivity index (χ0) is 30.5. The van der Waals surface area contributed by atoms with Gasteiger partial charge in [0.1, 0.15) is 0 Å². The lowest BCUT2D eigenvalue weighted by Gasteiger charge is -2.49. The van der Waals surface area contributed by atoms with Gasteiger partial charge in [-0.15, -0.1) is 11.3 Å². The van der Waals surface area contributed by atoms with E-state index in [9.17, 15) is 0 Å². The van der Waals surface area contributed by atoms with E-state index in [4.69, 9.17) is 9.97 Å². The van der Waals surface area contributed by atoms with E-state index in [2.05, 4.69) is 125 Å². The van der Waals surface area contributed by atoms with Crippen molar-refractivity contribution in [1.82, 2.24) is 9.97 Å². The maximum atomic E-state index is 5.20. The first-order valence-corrected chi connectivity index (χ1v) is 16.5. The highest BCUT2D eigenvalue weighted by Gasteiger charge is 2.46. The number of hydrogen-bond acceptors (Lipinski definition) is 3. The molecule has 0 bridgehead atoms. The first kappa shape index (κ1) is 26.5. The van der Waals surface area contributed by atoms with Crippen molar-refractivity contribution in [2.45, 2.75) is 38.5 Å². The van der Waals surface area contributed by atoms with Gasteiger partial charge in [0.05, 0.1) is 22.4 Å². The summed E-state index contributed by atoms with van der Waals surface area (Å²) in [7, 11) is 0. The van der Waals surface area contributed by atoms with E-state index in [1.807, 2.05) is 35.6 Å². The van der Waals surface area contributed by atoms with Gasteiger partial charge in [0, 0.05) is 36.7 Å². The monoisotopic (exact) mass is 596 g/mol. The standard InChI is InChI=1S/C42H32N2S/c1-41(2)33-24-37-32(23-30(33)29-20-18-25-12-8-9-15-28(25)38(29)42(41,3)4)31-22-27(19-21-36(31)45-37)40-39(26-13-6-5-7-14-26)43-34-16-10-11-17-35(34)44-40/h5-24H,1-4H3. The largest absolute Gasteiger partial charge is 0.244 e. The van der Waals surface area contributed by atoms with E-state index >= 15 is 0 Å². The summed E-state index contributed by atoms with van der Waals surface area (Å²) in [6, 6.07) is 43.9. The Balaban J connectivity index is 1.31. The van der Waals surface area contributed by atoms with Gasteiger partial charge in [-0.25, -0.2) is 9.97 Å². The summed E-state index contributed by atoms with van der Waals surface area (Å²) < 4.78 is 2.63. The molecule has 0 saturated heterocycles. The lowest BCUT2D eigenvalue weighted by atomic mass is 9.54. The van der Waals surface area contributed by atoms with Crippen LogP contribution in [0.1, 0.15) is 38.8 Å². The Hall–Kier alpha value is -4.86. The minimum absolute atomic E-state index is 0.0453. The van der Waals surface area contributed by atoms with Crippen LogP contribution in [0.2, 0.25) is 0 Å². The van der Waals surface area contributed by atoms with Crippen molar-refractivity contribution in [3.8, 4) is 33.6 Å². The fraction of sp³-hybridized carbons (Fsp3) is 0.143. The molecule has 0 saturated carbocycles. The Morgan fingerprint density at radius 2 is 1.16 bits per heavy atom. The van der Waals surface area contributed by atoms with Crippen molar-refractivity contribution in [2.75, 3.05) is 0 Å². The van der Waals surface area contributed by atoms with Crippen LogP contribution in [0, 0.1) is 0 Å². The van der Waals surface area contributed by atoms with Crippen LogP contribution in [0.5, 0.6) is 0 Å². The number of benzene rings is 6.